The number of imidazole rings is 1. The predicted molar refractivity (Wildman–Crippen MR) is 105 cm³/mol. The number of carbonyl (C=O) groups is 1. The zero-order valence-electron chi connectivity index (χ0n) is 14.4. The highest BCUT2D eigenvalue weighted by molar-refractivity contribution is 6.42. The number of hydrogen-bond acceptors (Lipinski definition) is 3. The largest absolute Gasteiger partial charge is 0.334 e. The summed E-state index contributed by atoms with van der Waals surface area (Å²) < 4.78 is 1.92. The summed E-state index contributed by atoms with van der Waals surface area (Å²) in [4.78, 5) is 18.8. The molecule has 1 aromatic carbocycles. The van der Waals surface area contributed by atoms with E-state index in [0.29, 0.717) is 28.0 Å². The maximum atomic E-state index is 12.7. The number of hydrogen-bond donors (Lipinski definition) is 1. The van der Waals surface area contributed by atoms with E-state index in [1.807, 2.05) is 35.0 Å². The van der Waals surface area contributed by atoms with Crippen LogP contribution in [-0.2, 0) is 6.54 Å². The van der Waals surface area contributed by atoms with E-state index in [-0.39, 0.29) is 5.91 Å². The number of fused-ring (bicyclic) bond motifs is 1. The van der Waals surface area contributed by atoms with Crippen molar-refractivity contribution >= 4 is 34.8 Å². The van der Waals surface area contributed by atoms with Crippen LogP contribution < -0.4 is 0 Å². The van der Waals surface area contributed by atoms with E-state index in [9.17, 15) is 4.79 Å². The molecule has 0 saturated heterocycles. The fraction of sp³-hybridized carbons (Fsp3) is 0.105. The second kappa shape index (κ2) is 7.06. The van der Waals surface area contributed by atoms with Crippen LogP contribution in [0.3, 0.4) is 0 Å². The molecule has 1 N–H and O–H groups in total. The van der Waals surface area contributed by atoms with Crippen LogP contribution in [0, 0.1) is 0 Å². The summed E-state index contributed by atoms with van der Waals surface area (Å²) in [6.45, 7) is 0.391. The van der Waals surface area contributed by atoms with Gasteiger partial charge in [0.25, 0.3) is 5.91 Å². The number of halogens is 2. The van der Waals surface area contributed by atoms with E-state index in [1.165, 1.54) is 0 Å². The Morgan fingerprint density at radius 3 is 2.81 bits per heavy atom. The molecule has 136 valence electrons. The first-order valence-electron chi connectivity index (χ1n) is 8.20. The number of aromatic nitrogens is 4. The number of nitrogens with one attached hydrogen (secondary N) is 1. The normalized spacial score (nSPS) is 11.1. The molecule has 27 heavy (non-hydrogen) atoms. The van der Waals surface area contributed by atoms with Crippen LogP contribution in [0.25, 0.3) is 16.9 Å². The third-order valence-corrected chi connectivity index (χ3v) is 4.92. The Bertz CT molecular complexity index is 1100. The lowest BCUT2D eigenvalue weighted by Gasteiger charge is -2.14. The summed E-state index contributed by atoms with van der Waals surface area (Å²) in [7, 11) is 1.73. The van der Waals surface area contributed by atoms with Gasteiger partial charge in [0, 0.05) is 25.0 Å². The predicted octanol–water partition coefficient (Wildman–Crippen LogP) is 4.30. The number of aromatic amines is 1. The number of nitrogens with zero attached hydrogens (tertiary/aromatic N) is 4. The van der Waals surface area contributed by atoms with Gasteiger partial charge in [0.1, 0.15) is 11.3 Å². The SMILES string of the molecule is CN(Cc1cn2ccccc2n1)C(=O)c1cc(-c2ccc(Cl)c(Cl)c2)n[nH]1. The highest BCUT2D eigenvalue weighted by Gasteiger charge is 2.17. The molecule has 0 spiro atoms. The van der Waals surface area contributed by atoms with Gasteiger partial charge in [-0.15, -0.1) is 0 Å². The molecule has 0 fully saturated rings. The van der Waals surface area contributed by atoms with E-state index in [2.05, 4.69) is 15.2 Å². The van der Waals surface area contributed by atoms with Gasteiger partial charge in [-0.05, 0) is 30.3 Å². The number of amides is 1. The molecule has 0 unspecified atom stereocenters. The van der Waals surface area contributed by atoms with Gasteiger partial charge in [-0.3, -0.25) is 9.89 Å². The fourth-order valence-corrected chi connectivity index (χ4v) is 3.12. The zero-order chi connectivity index (χ0) is 19.0. The van der Waals surface area contributed by atoms with E-state index >= 15 is 0 Å². The van der Waals surface area contributed by atoms with Gasteiger partial charge in [0.15, 0.2) is 0 Å². The molecule has 3 heterocycles. The first-order valence-corrected chi connectivity index (χ1v) is 8.96. The van der Waals surface area contributed by atoms with Gasteiger partial charge in [-0.25, -0.2) is 4.98 Å². The standard InChI is InChI=1S/C19H15Cl2N5O/c1-25(10-13-11-26-7-3-2-4-18(26)22-13)19(27)17-9-16(23-24-17)12-5-6-14(20)15(21)8-12/h2-9,11H,10H2,1H3,(H,23,24). The van der Waals surface area contributed by atoms with Crippen molar-refractivity contribution in [2.24, 2.45) is 0 Å². The summed E-state index contributed by atoms with van der Waals surface area (Å²) in [6, 6.07) is 12.7. The lowest BCUT2D eigenvalue weighted by atomic mass is 10.1. The van der Waals surface area contributed by atoms with Crippen molar-refractivity contribution < 1.29 is 4.79 Å². The van der Waals surface area contributed by atoms with E-state index < -0.39 is 0 Å². The molecule has 0 aliphatic rings. The molecule has 0 aliphatic carbocycles. The van der Waals surface area contributed by atoms with Crippen LogP contribution in [0.1, 0.15) is 16.2 Å². The molecular weight excluding hydrogens is 385 g/mol. The molecule has 0 bridgehead atoms. The average Bonchev–Trinajstić information content (AvgIpc) is 3.29. The van der Waals surface area contributed by atoms with Crippen molar-refractivity contribution in [3.05, 3.63) is 76.3 Å². The first kappa shape index (κ1) is 17.6. The molecule has 6 nitrogen and oxygen atoms in total. The van der Waals surface area contributed by atoms with Crippen molar-refractivity contribution in [2.75, 3.05) is 7.05 Å². The van der Waals surface area contributed by atoms with E-state index in [4.69, 9.17) is 23.2 Å². The summed E-state index contributed by atoms with van der Waals surface area (Å²) in [6.07, 6.45) is 3.83. The topological polar surface area (TPSA) is 66.3 Å². The highest BCUT2D eigenvalue weighted by atomic mass is 35.5. The minimum atomic E-state index is -0.175. The molecule has 0 radical (unpaired) electrons. The maximum Gasteiger partial charge on any atom is 0.271 e. The quantitative estimate of drug-likeness (QED) is 0.556. The van der Waals surface area contributed by atoms with Gasteiger partial charge < -0.3 is 9.30 Å². The maximum absolute atomic E-state index is 12.7. The van der Waals surface area contributed by atoms with Crippen LogP contribution in [0.5, 0.6) is 0 Å². The van der Waals surface area contributed by atoms with Crippen molar-refractivity contribution in [1.82, 2.24) is 24.5 Å². The van der Waals surface area contributed by atoms with Gasteiger partial charge in [-0.1, -0.05) is 35.3 Å². The number of rotatable bonds is 4. The van der Waals surface area contributed by atoms with Crippen LogP contribution >= 0.6 is 23.2 Å². The molecule has 4 aromatic rings. The van der Waals surface area contributed by atoms with Crippen LogP contribution in [0.2, 0.25) is 10.0 Å². The molecule has 0 saturated carbocycles. The highest BCUT2D eigenvalue weighted by Crippen LogP contribution is 2.28. The number of H-pyrrole nitrogens is 1. The smallest absolute Gasteiger partial charge is 0.271 e. The second-order valence-electron chi connectivity index (χ2n) is 6.16. The summed E-state index contributed by atoms with van der Waals surface area (Å²) >= 11 is 12.0. The Morgan fingerprint density at radius 2 is 2.04 bits per heavy atom. The monoisotopic (exact) mass is 399 g/mol. The second-order valence-corrected chi connectivity index (χ2v) is 6.97. The Balaban J connectivity index is 1.52. The van der Waals surface area contributed by atoms with Gasteiger partial charge in [0.05, 0.1) is 28.0 Å². The van der Waals surface area contributed by atoms with Crippen molar-refractivity contribution in [2.45, 2.75) is 6.54 Å². The third kappa shape index (κ3) is 3.54. The molecule has 3 aromatic heterocycles. The average molecular weight is 400 g/mol. The summed E-state index contributed by atoms with van der Waals surface area (Å²) in [5, 5.41) is 7.91. The minimum Gasteiger partial charge on any atom is -0.334 e. The van der Waals surface area contributed by atoms with Gasteiger partial charge in [0.2, 0.25) is 0 Å². The fourth-order valence-electron chi connectivity index (χ4n) is 2.82. The zero-order valence-corrected chi connectivity index (χ0v) is 15.9. The van der Waals surface area contributed by atoms with Crippen molar-refractivity contribution in [3.8, 4) is 11.3 Å². The lowest BCUT2D eigenvalue weighted by Crippen LogP contribution is -2.26. The number of pyridine rings is 1. The first-order chi connectivity index (χ1) is 13.0. The number of carbonyl (C=O) groups excluding carboxylic acids is 1. The molecule has 0 atom stereocenters. The van der Waals surface area contributed by atoms with Crippen molar-refractivity contribution in [3.63, 3.8) is 0 Å². The lowest BCUT2D eigenvalue weighted by molar-refractivity contribution is 0.0778. The van der Waals surface area contributed by atoms with Gasteiger partial charge in [-0.2, -0.15) is 5.10 Å². The molecule has 0 aliphatic heterocycles. The van der Waals surface area contributed by atoms with Crippen LogP contribution in [-0.4, -0.2) is 37.4 Å². The van der Waals surface area contributed by atoms with Crippen LogP contribution in [0.4, 0.5) is 0 Å². The Morgan fingerprint density at radius 1 is 1.19 bits per heavy atom. The molecule has 8 heteroatoms. The molecular formula is C19H15Cl2N5O. The van der Waals surface area contributed by atoms with Crippen LogP contribution in [0.15, 0.2) is 54.9 Å². The minimum absolute atomic E-state index is 0.175. The van der Waals surface area contributed by atoms with E-state index in [1.54, 1.807) is 36.2 Å². The molecule has 4 rings (SSSR count). The van der Waals surface area contributed by atoms with Gasteiger partial charge >= 0.3 is 0 Å². The Hall–Kier alpha value is -2.83. The van der Waals surface area contributed by atoms with E-state index in [0.717, 1.165) is 16.9 Å². The van der Waals surface area contributed by atoms with Crippen molar-refractivity contribution in [1.29, 1.82) is 0 Å². The summed E-state index contributed by atoms with van der Waals surface area (Å²) in [5.74, 6) is -0.175. The third-order valence-electron chi connectivity index (χ3n) is 4.18. The summed E-state index contributed by atoms with van der Waals surface area (Å²) in [5.41, 5.74) is 3.45. The Kier molecular flexibility index (Phi) is 4.59. The number of benzene rings is 1. The Labute approximate surface area is 165 Å². The molecule has 1 amide bonds.